The van der Waals surface area contributed by atoms with Crippen LogP contribution in [0.5, 0.6) is 0 Å². The first kappa shape index (κ1) is 22.0. The first-order valence-corrected chi connectivity index (χ1v) is 11.8. The Balaban J connectivity index is 1.50. The molecule has 0 saturated carbocycles. The summed E-state index contributed by atoms with van der Waals surface area (Å²) in [6.07, 6.45) is 7.49. The highest BCUT2D eigenvalue weighted by Crippen LogP contribution is 2.29. The lowest BCUT2D eigenvalue weighted by atomic mass is 9.94. The molecule has 7 nitrogen and oxygen atoms in total. The van der Waals surface area contributed by atoms with Gasteiger partial charge in [-0.25, -0.2) is 13.4 Å². The maximum atomic E-state index is 12.5. The third-order valence-corrected chi connectivity index (χ3v) is 6.93. The van der Waals surface area contributed by atoms with Crippen LogP contribution in [0.2, 0.25) is 0 Å². The minimum absolute atomic E-state index is 0.0542. The molecule has 2 aliphatic rings. The van der Waals surface area contributed by atoms with E-state index in [4.69, 9.17) is 4.74 Å². The van der Waals surface area contributed by atoms with Gasteiger partial charge >= 0.3 is 0 Å². The highest BCUT2D eigenvalue weighted by molar-refractivity contribution is 7.92. The van der Waals surface area contributed by atoms with Gasteiger partial charge in [0.25, 0.3) is 10.0 Å². The molecule has 2 atom stereocenters. The zero-order chi connectivity index (χ0) is 22.7. The molecule has 0 spiro atoms. The van der Waals surface area contributed by atoms with Gasteiger partial charge in [0.15, 0.2) is 0 Å². The van der Waals surface area contributed by atoms with Gasteiger partial charge in [-0.1, -0.05) is 48.6 Å². The summed E-state index contributed by atoms with van der Waals surface area (Å²) in [4.78, 5) is 12.4. The van der Waals surface area contributed by atoms with E-state index in [9.17, 15) is 13.2 Å². The van der Waals surface area contributed by atoms with Crippen molar-refractivity contribution in [1.29, 1.82) is 0 Å². The number of carbonyl (C=O) groups is 1. The number of ether oxygens (including phenoxy) is 1. The van der Waals surface area contributed by atoms with Crippen LogP contribution in [0.15, 0.2) is 88.4 Å². The molecular formula is C24H25N3O4S. The molecule has 1 heterocycles. The summed E-state index contributed by atoms with van der Waals surface area (Å²) in [6.45, 7) is 1.51. The van der Waals surface area contributed by atoms with Crippen molar-refractivity contribution in [1.82, 2.24) is 5.01 Å². The quantitative estimate of drug-likeness (QED) is 0.725. The molecule has 2 unspecified atom stereocenters. The Morgan fingerprint density at radius 3 is 2.44 bits per heavy atom. The molecule has 0 aromatic heterocycles. The van der Waals surface area contributed by atoms with Gasteiger partial charge < -0.3 is 4.74 Å². The number of hydrogen-bond acceptors (Lipinski definition) is 5. The van der Waals surface area contributed by atoms with E-state index >= 15 is 0 Å². The fourth-order valence-corrected chi connectivity index (χ4v) is 4.90. The molecule has 166 valence electrons. The minimum Gasteiger partial charge on any atom is -0.377 e. The van der Waals surface area contributed by atoms with Crippen LogP contribution in [-0.2, 0) is 19.6 Å². The van der Waals surface area contributed by atoms with Crippen LogP contribution < -0.4 is 4.72 Å². The van der Waals surface area contributed by atoms with Gasteiger partial charge in [0.1, 0.15) is 0 Å². The molecule has 1 amide bonds. The van der Waals surface area contributed by atoms with Crippen LogP contribution in [0.3, 0.4) is 0 Å². The van der Waals surface area contributed by atoms with Crippen LogP contribution in [-0.4, -0.2) is 44.3 Å². The number of amides is 1. The van der Waals surface area contributed by atoms with Crippen molar-refractivity contribution in [2.45, 2.75) is 36.8 Å². The number of hydrogen-bond donors (Lipinski definition) is 1. The molecule has 1 aliphatic heterocycles. The number of sulfonamides is 1. The molecule has 2 aromatic rings. The molecule has 1 N–H and O–H groups in total. The second kappa shape index (κ2) is 9.10. The average Bonchev–Trinajstić information content (AvgIpc) is 3.26. The number of hydrazone groups is 1. The number of methoxy groups -OCH3 is 1. The fraction of sp³-hybridized carbons (Fsp3) is 0.250. The SMILES string of the molecule is COC1C=CC(C2CC(c3ccc(NS(=O)(=O)c4ccccc4)cc3)=NN2C(C)=O)=CC1. The maximum absolute atomic E-state index is 12.5. The lowest BCUT2D eigenvalue weighted by molar-refractivity contribution is -0.129. The maximum Gasteiger partial charge on any atom is 0.261 e. The van der Waals surface area contributed by atoms with Gasteiger partial charge in [-0.2, -0.15) is 5.10 Å². The van der Waals surface area contributed by atoms with E-state index in [0.29, 0.717) is 12.1 Å². The van der Waals surface area contributed by atoms with Crippen LogP contribution in [0.1, 0.15) is 25.3 Å². The second-order valence-electron chi connectivity index (χ2n) is 7.70. The lowest BCUT2D eigenvalue weighted by Gasteiger charge is -2.24. The highest BCUT2D eigenvalue weighted by atomic mass is 32.2. The summed E-state index contributed by atoms with van der Waals surface area (Å²) < 4.78 is 33.0. The third-order valence-electron chi connectivity index (χ3n) is 5.53. The van der Waals surface area contributed by atoms with Gasteiger partial charge in [0.05, 0.1) is 22.8 Å². The summed E-state index contributed by atoms with van der Waals surface area (Å²) in [5.74, 6) is -0.125. The van der Waals surface area contributed by atoms with Gasteiger partial charge in [0.2, 0.25) is 5.91 Å². The predicted octanol–water partition coefficient (Wildman–Crippen LogP) is 3.71. The summed E-state index contributed by atoms with van der Waals surface area (Å²) >= 11 is 0. The van der Waals surface area contributed by atoms with Crippen molar-refractivity contribution >= 4 is 27.3 Å². The molecule has 8 heteroatoms. The van der Waals surface area contributed by atoms with Crippen LogP contribution in [0, 0.1) is 0 Å². The van der Waals surface area contributed by atoms with E-state index in [2.05, 4.69) is 15.9 Å². The summed E-state index contributed by atoms with van der Waals surface area (Å²) in [5.41, 5.74) is 3.13. The molecule has 1 aliphatic carbocycles. The number of anilines is 1. The molecular weight excluding hydrogens is 426 g/mol. The van der Waals surface area contributed by atoms with Crippen molar-refractivity contribution in [3.8, 4) is 0 Å². The standard InChI is InChI=1S/C24H25N3O4S/c1-17(28)27-24(19-10-14-21(31-2)15-11-19)16-23(25-27)18-8-12-20(13-9-18)26-32(29,30)22-6-4-3-5-7-22/h3-14,21,24,26H,15-16H2,1-2H3. The van der Waals surface area contributed by atoms with E-state index in [1.54, 1.807) is 49.6 Å². The van der Waals surface area contributed by atoms with Gasteiger partial charge in [-0.3, -0.25) is 9.52 Å². The first-order chi connectivity index (χ1) is 15.4. The van der Waals surface area contributed by atoms with E-state index < -0.39 is 10.0 Å². The topological polar surface area (TPSA) is 88.1 Å². The molecule has 32 heavy (non-hydrogen) atoms. The molecule has 2 aromatic carbocycles. The summed E-state index contributed by atoms with van der Waals surface area (Å²) in [7, 11) is -1.98. The van der Waals surface area contributed by atoms with E-state index in [-0.39, 0.29) is 22.9 Å². The Morgan fingerprint density at radius 2 is 1.84 bits per heavy atom. The monoisotopic (exact) mass is 451 g/mol. The largest absolute Gasteiger partial charge is 0.377 e. The summed E-state index contributed by atoms with van der Waals surface area (Å²) in [5, 5.41) is 6.08. The normalized spacial score (nSPS) is 20.6. The number of carbonyl (C=O) groups excluding carboxylic acids is 1. The number of nitrogens with one attached hydrogen (secondary N) is 1. The van der Waals surface area contributed by atoms with Crippen molar-refractivity contribution in [3.63, 3.8) is 0 Å². The van der Waals surface area contributed by atoms with Crippen molar-refractivity contribution in [2.75, 3.05) is 11.8 Å². The smallest absolute Gasteiger partial charge is 0.261 e. The summed E-state index contributed by atoms with van der Waals surface area (Å²) in [6, 6.07) is 15.1. The van der Waals surface area contributed by atoms with Crippen LogP contribution in [0.4, 0.5) is 5.69 Å². The predicted molar refractivity (Wildman–Crippen MR) is 124 cm³/mol. The number of rotatable bonds is 6. The van der Waals surface area contributed by atoms with Gasteiger partial charge in [-0.15, -0.1) is 0 Å². The molecule has 0 fully saturated rings. The zero-order valence-corrected chi connectivity index (χ0v) is 18.7. The van der Waals surface area contributed by atoms with Crippen LogP contribution in [0.25, 0.3) is 0 Å². The van der Waals surface area contributed by atoms with Crippen molar-refractivity contribution < 1.29 is 17.9 Å². The lowest BCUT2D eigenvalue weighted by Crippen LogP contribution is -2.32. The Bertz CT molecular complexity index is 1190. The Hall–Kier alpha value is -3.23. The average molecular weight is 452 g/mol. The van der Waals surface area contributed by atoms with E-state index in [0.717, 1.165) is 23.3 Å². The number of nitrogens with zero attached hydrogens (tertiary/aromatic N) is 2. The Kier molecular flexibility index (Phi) is 6.25. The van der Waals surface area contributed by atoms with Crippen molar-refractivity contribution in [2.24, 2.45) is 5.10 Å². The Morgan fingerprint density at radius 1 is 1.12 bits per heavy atom. The number of benzene rings is 2. The molecule has 4 rings (SSSR count). The molecule has 0 bridgehead atoms. The van der Waals surface area contributed by atoms with Gasteiger partial charge in [-0.05, 0) is 41.8 Å². The molecule has 0 radical (unpaired) electrons. The van der Waals surface area contributed by atoms with E-state index in [1.807, 2.05) is 24.3 Å². The van der Waals surface area contributed by atoms with Crippen LogP contribution >= 0.6 is 0 Å². The Labute approximate surface area is 188 Å². The highest BCUT2D eigenvalue weighted by Gasteiger charge is 2.32. The zero-order valence-electron chi connectivity index (χ0n) is 17.9. The minimum atomic E-state index is -3.65. The second-order valence-corrected chi connectivity index (χ2v) is 9.38. The fourth-order valence-electron chi connectivity index (χ4n) is 3.82. The van der Waals surface area contributed by atoms with Gasteiger partial charge in [0, 0.05) is 26.1 Å². The van der Waals surface area contributed by atoms with Crippen molar-refractivity contribution in [3.05, 3.63) is 84.0 Å². The molecule has 0 saturated heterocycles. The first-order valence-electron chi connectivity index (χ1n) is 10.3. The third kappa shape index (κ3) is 4.66. The van der Waals surface area contributed by atoms with E-state index in [1.165, 1.54) is 11.9 Å².